The van der Waals surface area contributed by atoms with Gasteiger partial charge in [0.25, 0.3) is 5.56 Å². The minimum atomic E-state index is -0.916. The first-order valence-electron chi connectivity index (χ1n) is 7.70. The number of nitrogens with two attached hydrogens (primary N) is 1. The molecule has 0 saturated carbocycles. The molecule has 7 nitrogen and oxygen atoms in total. The molecule has 0 aliphatic carbocycles. The number of aromatic nitrogens is 2. The third-order valence-corrected chi connectivity index (χ3v) is 4.62. The van der Waals surface area contributed by atoms with Gasteiger partial charge in [-0.2, -0.15) is 0 Å². The average Bonchev–Trinajstić information content (AvgIpc) is 2.51. The summed E-state index contributed by atoms with van der Waals surface area (Å²) in [5.41, 5.74) is 5.21. The van der Waals surface area contributed by atoms with Gasteiger partial charge in [0.05, 0.1) is 16.7 Å². The Kier molecular flexibility index (Phi) is 6.44. The number of fused-ring (bicyclic) bond motifs is 1. The van der Waals surface area contributed by atoms with Crippen LogP contribution in [0.3, 0.4) is 0 Å². The number of hydrogen-bond donors (Lipinski definition) is 2. The van der Waals surface area contributed by atoms with Crippen LogP contribution in [0.15, 0.2) is 28.2 Å². The SMILES string of the molecule is CC(C)CCn1c(SCC(=O)NC(N)=O)nc2cc(Cl)ccc2c1=O. The van der Waals surface area contributed by atoms with Gasteiger partial charge in [-0.3, -0.25) is 19.5 Å². The standard InChI is InChI=1S/C16H19ClN4O3S/c1-9(2)5-6-21-14(23)11-4-3-10(17)7-12(11)19-16(21)25-8-13(22)20-15(18)24/h3-4,7,9H,5-6,8H2,1-2H3,(H3,18,20,22,24). The number of nitrogens with zero attached hydrogens (tertiary/aromatic N) is 2. The van der Waals surface area contributed by atoms with Gasteiger partial charge in [-0.1, -0.05) is 37.2 Å². The topological polar surface area (TPSA) is 107 Å². The van der Waals surface area contributed by atoms with Crippen LogP contribution in [0.25, 0.3) is 10.9 Å². The number of benzene rings is 1. The third kappa shape index (κ3) is 5.20. The van der Waals surface area contributed by atoms with Gasteiger partial charge >= 0.3 is 6.03 Å². The number of primary amides is 1. The van der Waals surface area contributed by atoms with E-state index in [1.165, 1.54) is 0 Å². The minimum Gasteiger partial charge on any atom is -0.351 e. The van der Waals surface area contributed by atoms with E-state index in [0.717, 1.165) is 18.2 Å². The molecule has 9 heteroatoms. The summed E-state index contributed by atoms with van der Waals surface area (Å²) >= 11 is 7.05. The van der Waals surface area contributed by atoms with Crippen molar-refractivity contribution in [2.24, 2.45) is 11.7 Å². The van der Waals surface area contributed by atoms with E-state index in [-0.39, 0.29) is 11.3 Å². The monoisotopic (exact) mass is 382 g/mol. The molecule has 0 fully saturated rings. The quantitative estimate of drug-likeness (QED) is 0.589. The van der Waals surface area contributed by atoms with Crippen molar-refractivity contribution in [3.63, 3.8) is 0 Å². The lowest BCUT2D eigenvalue weighted by Crippen LogP contribution is -2.36. The number of halogens is 1. The number of carbonyl (C=O) groups excluding carboxylic acids is 2. The number of carbonyl (C=O) groups is 2. The van der Waals surface area contributed by atoms with Crippen molar-refractivity contribution in [1.82, 2.24) is 14.9 Å². The molecule has 0 aliphatic rings. The molecule has 2 rings (SSSR count). The zero-order valence-electron chi connectivity index (χ0n) is 13.9. The Hall–Kier alpha value is -2.06. The first kappa shape index (κ1) is 19.3. The smallest absolute Gasteiger partial charge is 0.318 e. The molecule has 25 heavy (non-hydrogen) atoms. The normalized spacial score (nSPS) is 11.0. The summed E-state index contributed by atoms with van der Waals surface area (Å²) in [5, 5.41) is 3.33. The van der Waals surface area contributed by atoms with Crippen LogP contribution in [-0.4, -0.2) is 27.2 Å². The molecule has 134 valence electrons. The van der Waals surface area contributed by atoms with Gasteiger partial charge in [-0.05, 0) is 30.5 Å². The van der Waals surface area contributed by atoms with Crippen molar-refractivity contribution in [2.75, 3.05) is 5.75 Å². The predicted molar refractivity (Wildman–Crippen MR) is 98.9 cm³/mol. The second-order valence-corrected chi connectivity index (χ2v) is 7.28. The highest BCUT2D eigenvalue weighted by atomic mass is 35.5. The number of amides is 3. The maximum atomic E-state index is 12.8. The summed E-state index contributed by atoms with van der Waals surface area (Å²) in [6.45, 7) is 4.61. The van der Waals surface area contributed by atoms with Crippen LogP contribution >= 0.6 is 23.4 Å². The number of nitrogens with one attached hydrogen (secondary N) is 1. The van der Waals surface area contributed by atoms with Crippen molar-refractivity contribution in [1.29, 1.82) is 0 Å². The Morgan fingerprint density at radius 2 is 2.12 bits per heavy atom. The number of imide groups is 1. The van der Waals surface area contributed by atoms with Gasteiger partial charge in [0.1, 0.15) is 0 Å². The zero-order valence-corrected chi connectivity index (χ0v) is 15.5. The summed E-state index contributed by atoms with van der Waals surface area (Å²) in [6.07, 6.45) is 0.793. The molecule has 1 aromatic carbocycles. The molecular weight excluding hydrogens is 364 g/mol. The first-order valence-corrected chi connectivity index (χ1v) is 9.06. The Morgan fingerprint density at radius 1 is 1.40 bits per heavy atom. The molecule has 0 spiro atoms. The number of thioether (sulfide) groups is 1. The Morgan fingerprint density at radius 3 is 2.76 bits per heavy atom. The van der Waals surface area contributed by atoms with Crippen molar-refractivity contribution in [3.05, 3.63) is 33.6 Å². The van der Waals surface area contributed by atoms with Gasteiger partial charge in [-0.15, -0.1) is 0 Å². The second kappa shape index (κ2) is 8.35. The van der Waals surface area contributed by atoms with E-state index in [0.29, 0.717) is 33.5 Å². The van der Waals surface area contributed by atoms with Gasteiger partial charge in [0, 0.05) is 11.6 Å². The molecule has 0 radical (unpaired) electrons. The summed E-state index contributed by atoms with van der Waals surface area (Å²) < 4.78 is 1.55. The fraction of sp³-hybridized carbons (Fsp3) is 0.375. The van der Waals surface area contributed by atoms with E-state index in [9.17, 15) is 14.4 Å². The molecule has 0 bridgehead atoms. The maximum absolute atomic E-state index is 12.8. The lowest BCUT2D eigenvalue weighted by Gasteiger charge is -2.14. The van der Waals surface area contributed by atoms with Crippen LogP contribution in [0.2, 0.25) is 5.02 Å². The minimum absolute atomic E-state index is 0.0802. The average molecular weight is 383 g/mol. The summed E-state index contributed by atoms with van der Waals surface area (Å²) in [7, 11) is 0. The number of rotatable bonds is 6. The lowest BCUT2D eigenvalue weighted by atomic mass is 10.1. The molecule has 1 aromatic heterocycles. The molecule has 3 N–H and O–H groups in total. The number of urea groups is 1. The van der Waals surface area contributed by atoms with E-state index in [2.05, 4.69) is 18.8 Å². The van der Waals surface area contributed by atoms with Crippen LogP contribution in [0.1, 0.15) is 20.3 Å². The van der Waals surface area contributed by atoms with E-state index < -0.39 is 11.9 Å². The van der Waals surface area contributed by atoms with Gasteiger partial charge in [0.15, 0.2) is 5.16 Å². The first-order chi connectivity index (χ1) is 11.8. The highest BCUT2D eigenvalue weighted by molar-refractivity contribution is 7.99. The maximum Gasteiger partial charge on any atom is 0.318 e. The fourth-order valence-corrected chi connectivity index (χ4v) is 3.16. The van der Waals surface area contributed by atoms with Crippen molar-refractivity contribution >= 4 is 46.2 Å². The molecule has 1 heterocycles. The van der Waals surface area contributed by atoms with Gasteiger partial charge < -0.3 is 5.73 Å². The Labute approximate surface area is 153 Å². The molecule has 0 saturated heterocycles. The fourth-order valence-electron chi connectivity index (χ4n) is 2.17. The second-order valence-electron chi connectivity index (χ2n) is 5.90. The van der Waals surface area contributed by atoms with E-state index in [1.807, 2.05) is 5.32 Å². The summed E-state index contributed by atoms with van der Waals surface area (Å²) in [6, 6.07) is 3.99. The third-order valence-electron chi connectivity index (χ3n) is 3.41. The van der Waals surface area contributed by atoms with Gasteiger partial charge in [-0.25, -0.2) is 9.78 Å². The van der Waals surface area contributed by atoms with Crippen LogP contribution < -0.4 is 16.6 Å². The van der Waals surface area contributed by atoms with Crippen LogP contribution in [0.5, 0.6) is 0 Å². The molecule has 0 atom stereocenters. The van der Waals surface area contributed by atoms with Crippen LogP contribution in [0, 0.1) is 5.92 Å². The van der Waals surface area contributed by atoms with Crippen molar-refractivity contribution in [2.45, 2.75) is 32.0 Å². The largest absolute Gasteiger partial charge is 0.351 e. The molecule has 3 amide bonds. The summed E-state index contributed by atoms with van der Waals surface area (Å²) in [4.78, 5) is 39.6. The van der Waals surface area contributed by atoms with Crippen LogP contribution in [0.4, 0.5) is 4.79 Å². The highest BCUT2D eigenvalue weighted by Gasteiger charge is 2.14. The van der Waals surface area contributed by atoms with Crippen molar-refractivity contribution in [3.8, 4) is 0 Å². The Bertz CT molecular complexity index is 866. The molecule has 2 aromatic rings. The van der Waals surface area contributed by atoms with E-state index >= 15 is 0 Å². The zero-order chi connectivity index (χ0) is 18.6. The highest BCUT2D eigenvalue weighted by Crippen LogP contribution is 2.21. The van der Waals surface area contributed by atoms with Crippen molar-refractivity contribution < 1.29 is 9.59 Å². The summed E-state index contributed by atoms with van der Waals surface area (Å²) in [5.74, 6) is -0.222. The molecule has 0 unspecified atom stereocenters. The van der Waals surface area contributed by atoms with E-state index in [1.54, 1.807) is 22.8 Å². The molecular formula is C16H19ClN4O3S. The van der Waals surface area contributed by atoms with E-state index in [4.69, 9.17) is 17.3 Å². The lowest BCUT2D eigenvalue weighted by molar-refractivity contribution is -0.117. The van der Waals surface area contributed by atoms with Gasteiger partial charge in [0.2, 0.25) is 5.91 Å². The predicted octanol–water partition coefficient (Wildman–Crippen LogP) is 2.38. The van der Waals surface area contributed by atoms with Crippen LogP contribution in [-0.2, 0) is 11.3 Å². The number of hydrogen-bond acceptors (Lipinski definition) is 5. The molecule has 0 aliphatic heterocycles. The Balaban J connectivity index is 2.39.